The Balaban J connectivity index is 0.000000183. The van der Waals surface area contributed by atoms with Gasteiger partial charge in [-0.3, -0.25) is 0 Å². The molecule has 0 aliphatic carbocycles. The Morgan fingerprint density at radius 3 is 1.43 bits per heavy atom. The summed E-state index contributed by atoms with van der Waals surface area (Å²) in [5.41, 5.74) is 4.54. The van der Waals surface area contributed by atoms with Crippen molar-refractivity contribution in [3.05, 3.63) is 96.8 Å². The van der Waals surface area contributed by atoms with E-state index in [-0.39, 0.29) is 31.7 Å². The molecule has 0 spiro atoms. The number of ether oxygens (including phenoxy) is 2. The van der Waals surface area contributed by atoms with E-state index in [1.165, 1.54) is 62.0 Å². The number of piperidine rings is 4. The predicted molar refractivity (Wildman–Crippen MR) is 278 cm³/mol. The lowest BCUT2D eigenvalue weighted by Gasteiger charge is -2.43. The van der Waals surface area contributed by atoms with Crippen molar-refractivity contribution < 1.29 is 23.4 Å². The first kappa shape index (κ1) is 50.7. The SMILES string of the molecule is C.CCCOCCC1CN(c2cc(N3CCCCC3)ccn2)C2CCCN(c3cccc(F)c3)C12.OCCOCCC1CN(c2cc(N3CCCCC3)ccn2)C2CCCN(c3cccc(F)c3)C12. The van der Waals surface area contributed by atoms with Crippen LogP contribution in [0.15, 0.2) is 85.2 Å². The first-order valence-electron chi connectivity index (χ1n) is 26.2. The fourth-order valence-corrected chi connectivity index (χ4v) is 12.5. The van der Waals surface area contributed by atoms with E-state index in [4.69, 9.17) is 24.5 Å². The molecule has 10 rings (SSSR count). The average molecular weight is 951 g/mol. The summed E-state index contributed by atoms with van der Waals surface area (Å²) in [5, 5.41) is 9.10. The zero-order valence-electron chi connectivity index (χ0n) is 40.5. The Hall–Kier alpha value is -4.72. The highest BCUT2D eigenvalue weighted by Gasteiger charge is 2.48. The Labute approximate surface area is 411 Å². The van der Waals surface area contributed by atoms with Crippen LogP contribution in [0.5, 0.6) is 0 Å². The molecule has 6 aliphatic rings. The Morgan fingerprint density at radius 2 is 1.00 bits per heavy atom. The Bertz CT molecular complexity index is 2020. The summed E-state index contributed by atoms with van der Waals surface area (Å²) in [7, 11) is 0. The minimum absolute atomic E-state index is 0. The number of aliphatic hydroxyl groups is 1. The first-order valence-corrected chi connectivity index (χ1v) is 26.2. The minimum atomic E-state index is -0.187. The maximum absolute atomic E-state index is 14.1. The van der Waals surface area contributed by atoms with Gasteiger partial charge in [-0.2, -0.15) is 0 Å². The molecule has 0 bridgehead atoms. The molecule has 4 aromatic rings. The van der Waals surface area contributed by atoms with Crippen molar-refractivity contribution in [1.82, 2.24) is 9.97 Å². The molecule has 13 heteroatoms. The lowest BCUT2D eigenvalue weighted by molar-refractivity contribution is 0.0824. The molecule has 2 aromatic carbocycles. The fourth-order valence-electron chi connectivity index (χ4n) is 12.5. The normalized spacial score (nSPS) is 24.6. The van der Waals surface area contributed by atoms with E-state index < -0.39 is 0 Å². The van der Waals surface area contributed by atoms with E-state index in [1.807, 2.05) is 30.6 Å². The summed E-state index contributed by atoms with van der Waals surface area (Å²) >= 11 is 0. The van der Waals surface area contributed by atoms with Crippen LogP contribution in [0.1, 0.15) is 97.8 Å². The Morgan fingerprint density at radius 1 is 0.536 bits per heavy atom. The van der Waals surface area contributed by atoms with Gasteiger partial charge in [0.05, 0.1) is 37.4 Å². The lowest BCUT2D eigenvalue weighted by Crippen LogP contribution is -2.52. The quantitative estimate of drug-likeness (QED) is 0.109. The standard InChI is InChI=1S/C28H39FN4O.C27H37FN4O2.CH4/c1-2-17-34-18-12-22-21-33(27-20-24(11-13-30-27)31-14-4-3-5-15-31)26-10-7-16-32(28(22)26)25-9-6-8-23(29)19-25;28-22-6-4-7-24(18-22)31-14-5-8-25-27(31)21(10-16-34-17-15-33)20-32(25)26-19-23(9-11-29-26)30-12-2-1-3-13-30;/h6,8-9,11,13,19-20,22,26,28H,2-5,7,10,12,14-18,21H2,1H3;4,6-7,9,11,18-19,21,25,27,33H,1-3,5,8,10,12-17,20H2;1H4. The van der Waals surface area contributed by atoms with E-state index in [1.54, 1.807) is 12.1 Å². The number of halogens is 2. The number of hydrogen-bond donors (Lipinski definition) is 1. The summed E-state index contributed by atoms with van der Waals surface area (Å²) < 4.78 is 39.8. The van der Waals surface area contributed by atoms with Crippen molar-refractivity contribution in [2.24, 2.45) is 11.8 Å². The molecule has 1 N–H and O–H groups in total. The van der Waals surface area contributed by atoms with Crippen LogP contribution in [0.25, 0.3) is 0 Å². The average Bonchev–Trinajstić information content (AvgIpc) is 3.96. The molecule has 6 atom stereocenters. The molecule has 6 unspecified atom stereocenters. The zero-order chi connectivity index (χ0) is 46.7. The highest BCUT2D eigenvalue weighted by Crippen LogP contribution is 2.43. The molecule has 6 aliphatic heterocycles. The molecular weight excluding hydrogens is 871 g/mol. The molecular formula is C56H80F2N8O3. The molecule has 11 nitrogen and oxygen atoms in total. The van der Waals surface area contributed by atoms with Crippen molar-refractivity contribution in [3.63, 3.8) is 0 Å². The van der Waals surface area contributed by atoms with Gasteiger partial charge in [0.1, 0.15) is 23.3 Å². The second-order valence-electron chi connectivity index (χ2n) is 19.9. The third kappa shape index (κ3) is 12.2. The lowest BCUT2D eigenvalue weighted by atomic mass is 9.88. The third-order valence-corrected chi connectivity index (χ3v) is 15.6. The van der Waals surface area contributed by atoms with Crippen LogP contribution in [-0.2, 0) is 9.47 Å². The van der Waals surface area contributed by atoms with Gasteiger partial charge < -0.3 is 44.0 Å². The van der Waals surface area contributed by atoms with Crippen LogP contribution in [0, 0.1) is 23.5 Å². The summed E-state index contributed by atoms with van der Waals surface area (Å²) in [5.74, 6) is 2.65. The number of benzene rings is 2. The molecule has 0 saturated carbocycles. The monoisotopic (exact) mass is 951 g/mol. The van der Waals surface area contributed by atoms with Crippen LogP contribution in [0.2, 0.25) is 0 Å². The summed E-state index contributed by atoms with van der Waals surface area (Å²) in [6.07, 6.45) is 19.1. The van der Waals surface area contributed by atoms with Crippen molar-refractivity contribution in [1.29, 1.82) is 0 Å². The van der Waals surface area contributed by atoms with Crippen LogP contribution in [0.3, 0.4) is 0 Å². The van der Waals surface area contributed by atoms with Crippen LogP contribution >= 0.6 is 0 Å². The van der Waals surface area contributed by atoms with E-state index in [0.29, 0.717) is 43.2 Å². The number of anilines is 6. The maximum Gasteiger partial charge on any atom is 0.130 e. The van der Waals surface area contributed by atoms with Crippen LogP contribution in [0.4, 0.5) is 43.2 Å². The van der Waals surface area contributed by atoms with E-state index >= 15 is 0 Å². The van der Waals surface area contributed by atoms with Gasteiger partial charge in [0.25, 0.3) is 0 Å². The molecule has 6 saturated heterocycles. The van der Waals surface area contributed by atoms with E-state index in [2.05, 4.69) is 66.7 Å². The fraction of sp³-hybridized carbons (Fsp3) is 0.607. The molecule has 0 radical (unpaired) electrons. The van der Waals surface area contributed by atoms with Crippen molar-refractivity contribution in [2.45, 2.75) is 122 Å². The number of aromatic nitrogens is 2. The molecule has 6 fully saturated rings. The van der Waals surface area contributed by atoms with Gasteiger partial charge >= 0.3 is 0 Å². The second-order valence-corrected chi connectivity index (χ2v) is 19.9. The minimum Gasteiger partial charge on any atom is -0.394 e. The number of aliphatic hydroxyl groups excluding tert-OH is 1. The smallest absolute Gasteiger partial charge is 0.130 e. The topological polar surface area (TPSA) is 83.9 Å². The van der Waals surface area contributed by atoms with Gasteiger partial charge in [-0.25, -0.2) is 18.7 Å². The van der Waals surface area contributed by atoms with Crippen LogP contribution < -0.4 is 29.4 Å². The van der Waals surface area contributed by atoms with Crippen molar-refractivity contribution in [2.75, 3.05) is 115 Å². The second kappa shape index (κ2) is 24.9. The summed E-state index contributed by atoms with van der Waals surface area (Å²) in [4.78, 5) is 24.6. The molecule has 69 heavy (non-hydrogen) atoms. The van der Waals surface area contributed by atoms with Gasteiger partial charge in [-0.05, 0) is 132 Å². The highest BCUT2D eigenvalue weighted by molar-refractivity contribution is 5.60. The number of rotatable bonds is 16. The Kier molecular flexibility index (Phi) is 18.3. The largest absolute Gasteiger partial charge is 0.394 e. The van der Waals surface area contributed by atoms with Gasteiger partial charge in [-0.15, -0.1) is 0 Å². The third-order valence-electron chi connectivity index (χ3n) is 15.6. The molecule has 2 aromatic heterocycles. The molecule has 8 heterocycles. The highest BCUT2D eigenvalue weighted by atomic mass is 19.1. The predicted octanol–water partition coefficient (Wildman–Crippen LogP) is 10.2. The summed E-state index contributed by atoms with van der Waals surface area (Å²) in [6, 6.07) is 24.4. The number of pyridine rings is 2. The van der Waals surface area contributed by atoms with Gasteiger partial charge in [0.2, 0.25) is 0 Å². The number of fused-ring (bicyclic) bond motifs is 2. The van der Waals surface area contributed by atoms with Crippen LogP contribution in [-0.4, -0.2) is 125 Å². The number of hydrogen-bond acceptors (Lipinski definition) is 11. The number of nitrogens with zero attached hydrogens (tertiary/aromatic N) is 8. The van der Waals surface area contributed by atoms with Crippen molar-refractivity contribution >= 4 is 34.4 Å². The van der Waals surface area contributed by atoms with Gasteiger partial charge in [0.15, 0.2) is 0 Å². The van der Waals surface area contributed by atoms with Gasteiger partial charge in [-0.1, -0.05) is 26.5 Å². The molecule has 0 amide bonds. The van der Waals surface area contributed by atoms with Crippen molar-refractivity contribution in [3.8, 4) is 0 Å². The van der Waals surface area contributed by atoms with E-state index in [0.717, 1.165) is 134 Å². The van der Waals surface area contributed by atoms with Gasteiger partial charge in [0, 0.05) is 131 Å². The first-order chi connectivity index (χ1) is 33.5. The summed E-state index contributed by atoms with van der Waals surface area (Å²) in [6.45, 7) is 13.1. The zero-order valence-corrected chi connectivity index (χ0v) is 40.5. The molecule has 376 valence electrons. The maximum atomic E-state index is 14.1. The van der Waals surface area contributed by atoms with E-state index in [9.17, 15) is 8.78 Å².